The number of benzene rings is 1. The number of carbonyl (C=O) groups is 2. The Labute approximate surface area is 180 Å². The van der Waals surface area contributed by atoms with Gasteiger partial charge in [-0.05, 0) is 30.3 Å². The van der Waals surface area contributed by atoms with Crippen molar-refractivity contribution in [3.05, 3.63) is 77.8 Å². The summed E-state index contributed by atoms with van der Waals surface area (Å²) in [7, 11) is 3.12. The first kappa shape index (κ1) is 20.5. The van der Waals surface area contributed by atoms with Gasteiger partial charge in [0.25, 0.3) is 5.91 Å². The molecule has 8 heteroatoms. The average molecular weight is 420 g/mol. The fraction of sp³-hybridized carbons (Fsp3) is 0.261. The number of hydrogen-bond acceptors (Lipinski definition) is 5. The zero-order valence-electron chi connectivity index (χ0n) is 17.5. The normalized spacial score (nSPS) is 18.1. The van der Waals surface area contributed by atoms with Crippen molar-refractivity contribution in [3.63, 3.8) is 0 Å². The summed E-state index contributed by atoms with van der Waals surface area (Å²) in [6, 6.07) is 9.96. The molecule has 160 valence electrons. The van der Waals surface area contributed by atoms with Crippen LogP contribution >= 0.6 is 0 Å². The van der Waals surface area contributed by atoms with Gasteiger partial charge in [-0.1, -0.05) is 12.1 Å². The zero-order chi connectivity index (χ0) is 22.0. The number of rotatable bonds is 7. The molecule has 1 aromatic heterocycles. The lowest BCUT2D eigenvalue weighted by molar-refractivity contribution is -0.126. The number of nitrogens with one attached hydrogen (secondary N) is 1. The molecule has 0 fully saturated rings. The maximum atomic E-state index is 13.5. The summed E-state index contributed by atoms with van der Waals surface area (Å²) in [5.74, 6) is 1.02. The largest absolute Gasteiger partial charge is 0.497 e. The molecule has 8 nitrogen and oxygen atoms in total. The molecule has 0 saturated heterocycles. The maximum absolute atomic E-state index is 13.5. The molecule has 0 aliphatic carbocycles. The molecule has 3 amide bonds. The SMILES string of the molecule is C=CCN1C(=O)N[C@@H](c2cc(OC)ccc2OC)C2=C1CN(Cc1ccccn1)C2=O. The summed E-state index contributed by atoms with van der Waals surface area (Å²) in [4.78, 5) is 34.0. The van der Waals surface area contributed by atoms with Crippen LogP contribution < -0.4 is 14.8 Å². The lowest BCUT2D eigenvalue weighted by atomic mass is 9.94. The topological polar surface area (TPSA) is 84.0 Å². The predicted molar refractivity (Wildman–Crippen MR) is 114 cm³/mol. The summed E-state index contributed by atoms with van der Waals surface area (Å²) in [6.45, 7) is 4.72. The number of urea groups is 1. The molecule has 2 aliphatic rings. The van der Waals surface area contributed by atoms with Crippen LogP contribution in [0.2, 0.25) is 0 Å². The number of carbonyl (C=O) groups excluding carboxylic acids is 2. The Balaban J connectivity index is 1.77. The van der Waals surface area contributed by atoms with E-state index >= 15 is 0 Å². The third-order valence-electron chi connectivity index (χ3n) is 5.44. The van der Waals surface area contributed by atoms with Crippen molar-refractivity contribution in [3.8, 4) is 11.5 Å². The van der Waals surface area contributed by atoms with Gasteiger partial charge in [-0.25, -0.2) is 4.79 Å². The zero-order valence-corrected chi connectivity index (χ0v) is 17.5. The third kappa shape index (κ3) is 3.72. The van der Waals surface area contributed by atoms with Crippen molar-refractivity contribution in [1.29, 1.82) is 0 Å². The second kappa shape index (κ2) is 8.51. The second-order valence-electron chi connectivity index (χ2n) is 7.23. The van der Waals surface area contributed by atoms with Crippen LogP contribution in [0.5, 0.6) is 11.5 Å². The molecule has 31 heavy (non-hydrogen) atoms. The van der Waals surface area contributed by atoms with Gasteiger partial charge in [-0.15, -0.1) is 6.58 Å². The maximum Gasteiger partial charge on any atom is 0.322 e. The first-order valence-electron chi connectivity index (χ1n) is 9.90. The van der Waals surface area contributed by atoms with E-state index in [1.54, 1.807) is 54.5 Å². The van der Waals surface area contributed by atoms with E-state index in [0.717, 1.165) is 5.69 Å². The van der Waals surface area contributed by atoms with Crippen molar-refractivity contribution < 1.29 is 19.1 Å². The highest BCUT2D eigenvalue weighted by Crippen LogP contribution is 2.40. The van der Waals surface area contributed by atoms with Crippen LogP contribution in [-0.4, -0.2) is 54.0 Å². The molecule has 1 atom stereocenters. The van der Waals surface area contributed by atoms with Gasteiger partial charge >= 0.3 is 6.03 Å². The lowest BCUT2D eigenvalue weighted by Crippen LogP contribution is -2.47. The lowest BCUT2D eigenvalue weighted by Gasteiger charge is -2.33. The van der Waals surface area contributed by atoms with Gasteiger partial charge in [0, 0.05) is 18.3 Å². The minimum atomic E-state index is -0.658. The van der Waals surface area contributed by atoms with Gasteiger partial charge < -0.3 is 19.7 Å². The van der Waals surface area contributed by atoms with Crippen LogP contribution in [0.4, 0.5) is 4.79 Å². The molecular formula is C23H24N4O4. The molecule has 3 heterocycles. The fourth-order valence-corrected chi connectivity index (χ4v) is 3.98. The highest BCUT2D eigenvalue weighted by atomic mass is 16.5. The average Bonchev–Trinajstić information content (AvgIpc) is 3.11. The minimum absolute atomic E-state index is 0.149. The van der Waals surface area contributed by atoms with Crippen molar-refractivity contribution in [2.45, 2.75) is 12.6 Å². The molecule has 0 radical (unpaired) electrons. The monoisotopic (exact) mass is 420 g/mol. The molecule has 2 aliphatic heterocycles. The summed E-state index contributed by atoms with van der Waals surface area (Å²) in [5, 5.41) is 2.96. The van der Waals surface area contributed by atoms with Crippen LogP contribution in [0, 0.1) is 0 Å². The van der Waals surface area contributed by atoms with Crippen molar-refractivity contribution >= 4 is 11.9 Å². The first-order valence-corrected chi connectivity index (χ1v) is 9.90. The Bertz CT molecular complexity index is 1050. The molecule has 0 unspecified atom stereocenters. The Hall–Kier alpha value is -3.81. The molecule has 4 rings (SSSR count). The van der Waals surface area contributed by atoms with Crippen LogP contribution in [0.3, 0.4) is 0 Å². The Morgan fingerprint density at radius 3 is 2.74 bits per heavy atom. The Kier molecular flexibility index (Phi) is 5.62. The number of hydrogen-bond donors (Lipinski definition) is 1. The van der Waals surface area contributed by atoms with E-state index in [-0.39, 0.29) is 11.9 Å². The number of pyridine rings is 1. The van der Waals surface area contributed by atoms with Crippen LogP contribution in [-0.2, 0) is 11.3 Å². The molecule has 1 aromatic carbocycles. The van der Waals surface area contributed by atoms with Gasteiger partial charge in [-0.3, -0.25) is 14.7 Å². The number of ether oxygens (including phenoxy) is 2. The minimum Gasteiger partial charge on any atom is -0.497 e. The van der Waals surface area contributed by atoms with Crippen molar-refractivity contribution in [1.82, 2.24) is 20.1 Å². The van der Waals surface area contributed by atoms with E-state index in [9.17, 15) is 9.59 Å². The summed E-state index contributed by atoms with van der Waals surface area (Å²) < 4.78 is 10.9. The van der Waals surface area contributed by atoms with Crippen molar-refractivity contribution in [2.75, 3.05) is 27.3 Å². The van der Waals surface area contributed by atoms with E-state index < -0.39 is 6.04 Å². The van der Waals surface area contributed by atoms with Crippen molar-refractivity contribution in [2.24, 2.45) is 0 Å². The van der Waals surface area contributed by atoms with Crippen LogP contribution in [0.15, 0.2) is 66.5 Å². The Morgan fingerprint density at radius 2 is 2.06 bits per heavy atom. The van der Waals surface area contributed by atoms with Gasteiger partial charge in [-0.2, -0.15) is 0 Å². The summed E-state index contributed by atoms with van der Waals surface area (Å²) in [5.41, 5.74) is 2.62. The molecule has 0 saturated carbocycles. The summed E-state index contributed by atoms with van der Waals surface area (Å²) >= 11 is 0. The summed E-state index contributed by atoms with van der Waals surface area (Å²) in [6.07, 6.45) is 3.34. The van der Waals surface area contributed by atoms with E-state index in [1.807, 2.05) is 18.2 Å². The smallest absolute Gasteiger partial charge is 0.322 e. The Morgan fingerprint density at radius 1 is 1.23 bits per heavy atom. The molecular weight excluding hydrogens is 396 g/mol. The molecule has 2 aromatic rings. The van der Waals surface area contributed by atoms with E-state index in [4.69, 9.17) is 9.47 Å². The first-order chi connectivity index (χ1) is 15.1. The molecule has 0 spiro atoms. The molecule has 1 N–H and O–H groups in total. The van der Waals surface area contributed by atoms with Gasteiger partial charge in [0.2, 0.25) is 0 Å². The number of amides is 3. The van der Waals surface area contributed by atoms with Crippen LogP contribution in [0.25, 0.3) is 0 Å². The van der Waals surface area contributed by atoms with Gasteiger partial charge in [0.1, 0.15) is 11.5 Å². The van der Waals surface area contributed by atoms with E-state index in [2.05, 4.69) is 16.9 Å². The molecule has 0 bridgehead atoms. The number of nitrogens with zero attached hydrogens (tertiary/aromatic N) is 3. The number of aromatic nitrogens is 1. The second-order valence-corrected chi connectivity index (χ2v) is 7.23. The predicted octanol–water partition coefficient (Wildman–Crippen LogP) is 2.65. The van der Waals surface area contributed by atoms with E-state index in [1.165, 1.54) is 0 Å². The highest BCUT2D eigenvalue weighted by molar-refractivity contribution is 6.01. The third-order valence-corrected chi connectivity index (χ3v) is 5.44. The number of methoxy groups -OCH3 is 2. The van der Waals surface area contributed by atoms with Crippen LogP contribution in [0.1, 0.15) is 17.3 Å². The van der Waals surface area contributed by atoms with Gasteiger partial charge in [0.15, 0.2) is 0 Å². The quantitative estimate of drug-likeness (QED) is 0.697. The fourth-order valence-electron chi connectivity index (χ4n) is 3.98. The van der Waals surface area contributed by atoms with E-state index in [0.29, 0.717) is 48.0 Å². The standard InChI is InChI=1S/C23H24N4O4/c1-4-11-27-18-14-26(13-15-7-5-6-10-24-15)22(28)20(18)21(25-23(27)29)17-12-16(30-2)8-9-19(17)31-3/h4-10,12,21H,1,11,13-14H2,2-3H3,(H,25,29)/t21-/m0/s1. The van der Waals surface area contributed by atoms with Gasteiger partial charge in [0.05, 0.1) is 50.3 Å². The highest BCUT2D eigenvalue weighted by Gasteiger charge is 2.44.